The summed E-state index contributed by atoms with van der Waals surface area (Å²) in [4.78, 5) is 25.8. The topological polar surface area (TPSA) is 62.6 Å². The van der Waals surface area contributed by atoms with E-state index in [1.807, 2.05) is 25.1 Å². The maximum atomic E-state index is 13.0. The van der Waals surface area contributed by atoms with E-state index >= 15 is 0 Å². The third kappa shape index (κ3) is 4.77. The zero-order valence-corrected chi connectivity index (χ0v) is 15.8. The van der Waals surface area contributed by atoms with Gasteiger partial charge in [0.25, 0.3) is 0 Å². The summed E-state index contributed by atoms with van der Waals surface area (Å²) in [5.74, 6) is -1.07. The van der Waals surface area contributed by atoms with Crippen LogP contribution in [0.1, 0.15) is 16.7 Å². The maximum absolute atomic E-state index is 13.0. The number of nitrogens with one attached hydrogen (secondary N) is 1. The Bertz CT molecular complexity index is 1060. The van der Waals surface area contributed by atoms with Crippen LogP contribution in [0.25, 0.3) is 11.0 Å². The van der Waals surface area contributed by atoms with Crippen molar-refractivity contribution in [2.75, 3.05) is 18.9 Å². The van der Waals surface area contributed by atoms with Crippen LogP contribution >= 0.6 is 0 Å². The minimum Gasteiger partial charge on any atom is -0.464 e. The molecule has 152 valence electrons. The molecule has 0 aliphatic carbocycles. The molecule has 0 fully saturated rings. The van der Waals surface area contributed by atoms with Gasteiger partial charge in [-0.1, -0.05) is 24.3 Å². The van der Waals surface area contributed by atoms with Gasteiger partial charge in [0.2, 0.25) is 11.8 Å². The summed E-state index contributed by atoms with van der Waals surface area (Å²) in [7, 11) is 1.42. The van der Waals surface area contributed by atoms with Crippen molar-refractivity contribution in [1.82, 2.24) is 4.90 Å². The van der Waals surface area contributed by atoms with Crippen molar-refractivity contribution >= 4 is 28.5 Å². The second-order valence-electron chi connectivity index (χ2n) is 6.78. The lowest BCUT2D eigenvalue weighted by molar-refractivity contribution is -0.137. The lowest BCUT2D eigenvalue weighted by atomic mass is 10.1. The number of hydrogen-bond donors (Lipinski definition) is 1. The number of hydrogen-bond acceptors (Lipinski definition) is 3. The van der Waals surface area contributed by atoms with Gasteiger partial charge in [0.1, 0.15) is 5.58 Å². The largest absolute Gasteiger partial charge is 0.464 e. The summed E-state index contributed by atoms with van der Waals surface area (Å²) in [5, 5.41) is 3.03. The number of nitrogens with zero attached hydrogens (tertiary/aromatic N) is 1. The van der Waals surface area contributed by atoms with Gasteiger partial charge in [-0.05, 0) is 30.7 Å². The van der Waals surface area contributed by atoms with Crippen molar-refractivity contribution in [3.63, 3.8) is 0 Å². The second kappa shape index (κ2) is 7.98. The van der Waals surface area contributed by atoms with Crippen molar-refractivity contribution in [2.45, 2.75) is 19.5 Å². The highest BCUT2D eigenvalue weighted by Crippen LogP contribution is 2.34. The molecule has 0 saturated heterocycles. The predicted molar refractivity (Wildman–Crippen MR) is 102 cm³/mol. The molecule has 0 aliphatic heterocycles. The zero-order valence-electron chi connectivity index (χ0n) is 15.8. The van der Waals surface area contributed by atoms with E-state index < -0.39 is 17.6 Å². The van der Waals surface area contributed by atoms with E-state index in [0.717, 1.165) is 17.0 Å². The molecule has 29 heavy (non-hydrogen) atoms. The molecule has 2 aromatic carbocycles. The molecule has 5 nitrogen and oxygen atoms in total. The Kier molecular flexibility index (Phi) is 5.63. The SMILES string of the molecule is Cc1ccc2c(CC(=O)N(C)CC(=O)Nc3ccccc3C(F)(F)F)coc2c1. The Hall–Kier alpha value is -3.29. The number of alkyl halides is 3. The minimum atomic E-state index is -4.59. The fraction of sp³-hybridized carbons (Fsp3) is 0.238. The third-order valence-electron chi connectivity index (χ3n) is 4.47. The van der Waals surface area contributed by atoms with Crippen molar-refractivity contribution in [3.8, 4) is 0 Å². The molecule has 0 atom stereocenters. The molecule has 0 bridgehead atoms. The van der Waals surface area contributed by atoms with Crippen LogP contribution in [0.4, 0.5) is 18.9 Å². The third-order valence-corrected chi connectivity index (χ3v) is 4.47. The van der Waals surface area contributed by atoms with Crippen molar-refractivity contribution < 1.29 is 27.2 Å². The fourth-order valence-corrected chi connectivity index (χ4v) is 2.96. The number of aryl methyl sites for hydroxylation is 1. The van der Waals surface area contributed by atoms with Gasteiger partial charge < -0.3 is 14.6 Å². The normalized spacial score (nSPS) is 11.5. The summed E-state index contributed by atoms with van der Waals surface area (Å²) in [6.07, 6.45) is -3.08. The van der Waals surface area contributed by atoms with Gasteiger partial charge in [-0.15, -0.1) is 0 Å². The predicted octanol–water partition coefficient (Wildman–Crippen LogP) is 4.40. The lowest BCUT2D eigenvalue weighted by Gasteiger charge is -2.18. The highest BCUT2D eigenvalue weighted by Gasteiger charge is 2.33. The van der Waals surface area contributed by atoms with E-state index in [9.17, 15) is 22.8 Å². The number of carbonyl (C=O) groups excluding carboxylic acids is 2. The zero-order chi connectivity index (χ0) is 21.2. The first-order valence-electron chi connectivity index (χ1n) is 8.82. The molecule has 3 aromatic rings. The molecule has 3 rings (SSSR count). The van der Waals surface area contributed by atoms with Gasteiger partial charge in [0.15, 0.2) is 0 Å². The van der Waals surface area contributed by atoms with E-state index in [-0.39, 0.29) is 24.6 Å². The van der Waals surface area contributed by atoms with Gasteiger partial charge in [-0.2, -0.15) is 13.2 Å². The second-order valence-corrected chi connectivity index (χ2v) is 6.78. The monoisotopic (exact) mass is 404 g/mol. The summed E-state index contributed by atoms with van der Waals surface area (Å²) < 4.78 is 44.5. The molecular weight excluding hydrogens is 385 g/mol. The van der Waals surface area contributed by atoms with Crippen LogP contribution in [-0.4, -0.2) is 30.3 Å². The van der Waals surface area contributed by atoms with E-state index in [4.69, 9.17) is 4.42 Å². The first kappa shape index (κ1) is 20.4. The fourth-order valence-electron chi connectivity index (χ4n) is 2.96. The number of rotatable bonds is 5. The number of halogens is 3. The number of para-hydroxylation sites is 1. The van der Waals surface area contributed by atoms with E-state index in [2.05, 4.69) is 5.32 Å². The van der Waals surface area contributed by atoms with Crippen molar-refractivity contribution in [2.24, 2.45) is 0 Å². The van der Waals surface area contributed by atoms with Crippen LogP contribution in [0.15, 0.2) is 53.1 Å². The van der Waals surface area contributed by atoms with E-state index in [0.29, 0.717) is 11.1 Å². The number of furan rings is 1. The number of benzene rings is 2. The number of anilines is 1. The Morgan fingerprint density at radius 1 is 1.14 bits per heavy atom. The highest BCUT2D eigenvalue weighted by molar-refractivity contribution is 5.96. The maximum Gasteiger partial charge on any atom is 0.418 e. The quantitative estimate of drug-likeness (QED) is 0.686. The number of fused-ring (bicyclic) bond motifs is 1. The molecule has 1 N–H and O–H groups in total. The summed E-state index contributed by atoms with van der Waals surface area (Å²) in [6, 6.07) is 10.3. The minimum absolute atomic E-state index is 0.0129. The molecule has 0 unspecified atom stereocenters. The van der Waals surface area contributed by atoms with Crippen molar-refractivity contribution in [3.05, 3.63) is 65.4 Å². The number of likely N-dealkylation sites (N-methyl/N-ethyl adjacent to an activating group) is 1. The van der Waals surface area contributed by atoms with Crippen molar-refractivity contribution in [1.29, 1.82) is 0 Å². The van der Waals surface area contributed by atoms with Gasteiger partial charge in [0.05, 0.1) is 30.5 Å². The summed E-state index contributed by atoms with van der Waals surface area (Å²) in [5.41, 5.74) is 1.08. The molecule has 0 aliphatic rings. The highest BCUT2D eigenvalue weighted by atomic mass is 19.4. The van der Waals surface area contributed by atoms with Crippen LogP contribution < -0.4 is 5.32 Å². The summed E-state index contributed by atoms with van der Waals surface area (Å²) in [6.45, 7) is 1.55. The summed E-state index contributed by atoms with van der Waals surface area (Å²) >= 11 is 0. The molecule has 8 heteroatoms. The Balaban J connectivity index is 1.64. The van der Waals surface area contributed by atoms with Gasteiger partial charge in [0, 0.05) is 18.0 Å². The molecular formula is C21H19F3N2O3. The molecule has 0 spiro atoms. The first-order valence-corrected chi connectivity index (χ1v) is 8.82. The molecule has 2 amide bonds. The molecule has 0 radical (unpaired) electrons. The smallest absolute Gasteiger partial charge is 0.418 e. The number of carbonyl (C=O) groups is 2. The average Bonchev–Trinajstić information content (AvgIpc) is 3.02. The van der Waals surface area contributed by atoms with Gasteiger partial charge >= 0.3 is 6.18 Å². The lowest BCUT2D eigenvalue weighted by Crippen LogP contribution is -2.36. The Labute approximate surface area is 165 Å². The Morgan fingerprint density at radius 3 is 2.59 bits per heavy atom. The molecule has 1 aromatic heterocycles. The van der Waals surface area contributed by atoms with Crippen LogP contribution in [0.2, 0.25) is 0 Å². The Morgan fingerprint density at radius 2 is 1.86 bits per heavy atom. The van der Waals surface area contributed by atoms with Crippen LogP contribution in [0.5, 0.6) is 0 Å². The van der Waals surface area contributed by atoms with Gasteiger partial charge in [-0.3, -0.25) is 9.59 Å². The first-order chi connectivity index (χ1) is 13.6. The standard InChI is InChI=1S/C21H19F3N2O3/c1-13-7-8-15-14(12-29-18(15)9-13)10-20(28)26(2)11-19(27)25-17-6-4-3-5-16(17)21(22,23)24/h3-9,12H,10-11H2,1-2H3,(H,25,27). The molecule has 1 heterocycles. The van der Waals surface area contributed by atoms with Crippen LogP contribution in [-0.2, 0) is 22.2 Å². The number of amides is 2. The van der Waals surface area contributed by atoms with Crippen LogP contribution in [0.3, 0.4) is 0 Å². The van der Waals surface area contributed by atoms with Crippen LogP contribution in [0, 0.1) is 6.92 Å². The van der Waals surface area contributed by atoms with Gasteiger partial charge in [-0.25, -0.2) is 0 Å². The van der Waals surface area contributed by atoms with E-state index in [1.165, 1.54) is 36.4 Å². The van der Waals surface area contributed by atoms with E-state index in [1.54, 1.807) is 0 Å². The average molecular weight is 404 g/mol. The molecule has 0 saturated carbocycles.